The fourth-order valence-corrected chi connectivity index (χ4v) is 3.46. The Morgan fingerprint density at radius 1 is 1.32 bits per heavy atom. The van der Waals surface area contributed by atoms with E-state index in [0.717, 1.165) is 43.0 Å². The number of anilines is 1. The first-order valence-corrected chi connectivity index (χ1v) is 8.95. The molecule has 0 aliphatic carbocycles. The molecule has 6 nitrogen and oxygen atoms in total. The Morgan fingerprint density at radius 3 is 2.76 bits per heavy atom. The highest BCUT2D eigenvalue weighted by atomic mass is 16.2. The van der Waals surface area contributed by atoms with Crippen molar-refractivity contribution in [1.82, 2.24) is 20.4 Å². The van der Waals surface area contributed by atoms with Crippen molar-refractivity contribution in [1.29, 1.82) is 0 Å². The Morgan fingerprint density at radius 2 is 2.08 bits per heavy atom. The average molecular weight is 341 g/mol. The first kappa shape index (κ1) is 17.5. The van der Waals surface area contributed by atoms with Crippen molar-refractivity contribution < 1.29 is 4.79 Å². The summed E-state index contributed by atoms with van der Waals surface area (Å²) >= 11 is 0. The van der Waals surface area contributed by atoms with Crippen molar-refractivity contribution in [3.63, 3.8) is 0 Å². The Balaban J connectivity index is 1.55. The zero-order valence-electron chi connectivity index (χ0n) is 15.2. The lowest BCUT2D eigenvalue weighted by Gasteiger charge is -2.35. The van der Waals surface area contributed by atoms with Gasteiger partial charge in [0.25, 0.3) is 0 Å². The number of carbonyl (C=O) groups is 1. The number of rotatable bonds is 5. The minimum absolute atomic E-state index is 0.177. The lowest BCUT2D eigenvalue weighted by molar-refractivity contribution is 0.170. The third kappa shape index (κ3) is 4.02. The van der Waals surface area contributed by atoms with Gasteiger partial charge in [-0.25, -0.2) is 4.79 Å². The number of amides is 2. The topological polar surface area (TPSA) is 73.0 Å². The minimum atomic E-state index is -0.177. The summed E-state index contributed by atoms with van der Waals surface area (Å²) in [4.78, 5) is 14.7. The van der Waals surface area contributed by atoms with Crippen molar-refractivity contribution in [2.45, 2.75) is 46.2 Å². The zero-order chi connectivity index (χ0) is 17.8. The van der Waals surface area contributed by atoms with Gasteiger partial charge in [-0.1, -0.05) is 31.2 Å². The molecule has 25 heavy (non-hydrogen) atoms. The van der Waals surface area contributed by atoms with Crippen molar-refractivity contribution in [3.05, 3.63) is 46.8 Å². The van der Waals surface area contributed by atoms with E-state index in [9.17, 15) is 4.79 Å². The van der Waals surface area contributed by atoms with Crippen LogP contribution in [0.15, 0.2) is 24.3 Å². The van der Waals surface area contributed by atoms with E-state index in [4.69, 9.17) is 0 Å². The first-order chi connectivity index (χ1) is 12.1. The van der Waals surface area contributed by atoms with Crippen LogP contribution in [0.25, 0.3) is 0 Å². The average Bonchev–Trinajstić information content (AvgIpc) is 2.94. The number of hydrogen-bond donors (Lipinski definition) is 3. The maximum Gasteiger partial charge on any atom is 0.319 e. The largest absolute Gasteiger partial charge is 0.336 e. The highest BCUT2D eigenvalue weighted by molar-refractivity contribution is 5.90. The molecule has 1 aliphatic heterocycles. The van der Waals surface area contributed by atoms with Gasteiger partial charge in [-0.15, -0.1) is 0 Å². The van der Waals surface area contributed by atoms with Crippen LogP contribution in [0.4, 0.5) is 10.5 Å². The van der Waals surface area contributed by atoms with Crippen molar-refractivity contribution in [2.75, 3.05) is 18.4 Å². The third-order valence-corrected chi connectivity index (χ3v) is 5.01. The number of aromatic amines is 1. The number of nitrogens with one attached hydrogen (secondary N) is 3. The summed E-state index contributed by atoms with van der Waals surface area (Å²) in [5.74, 6) is 0. The maximum absolute atomic E-state index is 12.2. The molecule has 0 bridgehead atoms. The summed E-state index contributed by atoms with van der Waals surface area (Å²) in [6.07, 6.45) is 2.08. The number of aryl methyl sites for hydroxylation is 2. The summed E-state index contributed by atoms with van der Waals surface area (Å²) in [5, 5.41) is 12.9. The van der Waals surface area contributed by atoms with Crippen LogP contribution in [-0.4, -0.2) is 40.3 Å². The molecule has 0 radical (unpaired) electrons. The zero-order valence-corrected chi connectivity index (χ0v) is 15.2. The first-order valence-electron chi connectivity index (χ1n) is 8.95. The van der Waals surface area contributed by atoms with Gasteiger partial charge in [0.05, 0.1) is 17.1 Å². The standard InChI is InChI=1S/C19H27N5O/c1-4-17(24-10-9-15-7-5-6-8-16(15)12-24)11-20-19(25)21-18-13(2)22-23-14(18)3/h5-8,17H,4,9-12H2,1-3H3,(H,22,23)(H2,20,21,25). The number of urea groups is 1. The van der Waals surface area contributed by atoms with Crippen LogP contribution in [0.3, 0.4) is 0 Å². The number of hydrogen-bond acceptors (Lipinski definition) is 3. The van der Waals surface area contributed by atoms with E-state index < -0.39 is 0 Å². The van der Waals surface area contributed by atoms with Gasteiger partial charge in [-0.2, -0.15) is 5.10 Å². The van der Waals surface area contributed by atoms with Gasteiger partial charge in [-0.3, -0.25) is 10.00 Å². The Kier molecular flexibility index (Phi) is 5.38. The van der Waals surface area contributed by atoms with Crippen LogP contribution < -0.4 is 10.6 Å². The Labute approximate surface area is 149 Å². The highest BCUT2D eigenvalue weighted by Crippen LogP contribution is 2.21. The van der Waals surface area contributed by atoms with Crippen molar-refractivity contribution in [3.8, 4) is 0 Å². The smallest absolute Gasteiger partial charge is 0.319 e. The molecule has 3 N–H and O–H groups in total. The molecular formula is C19H27N5O. The fourth-order valence-electron chi connectivity index (χ4n) is 3.46. The predicted octanol–water partition coefficient (Wildman–Crippen LogP) is 2.98. The van der Waals surface area contributed by atoms with E-state index in [0.29, 0.717) is 12.6 Å². The van der Waals surface area contributed by atoms with E-state index in [1.165, 1.54) is 11.1 Å². The lowest BCUT2D eigenvalue weighted by Crippen LogP contribution is -2.46. The molecule has 3 rings (SSSR count). The van der Waals surface area contributed by atoms with Gasteiger partial charge in [-0.05, 0) is 37.8 Å². The second-order valence-electron chi connectivity index (χ2n) is 6.70. The monoisotopic (exact) mass is 341 g/mol. The van der Waals surface area contributed by atoms with Crippen LogP contribution in [-0.2, 0) is 13.0 Å². The van der Waals surface area contributed by atoms with E-state index in [-0.39, 0.29) is 6.03 Å². The van der Waals surface area contributed by atoms with E-state index >= 15 is 0 Å². The molecule has 0 fully saturated rings. The van der Waals surface area contributed by atoms with Crippen LogP contribution in [0, 0.1) is 13.8 Å². The Bertz CT molecular complexity index is 720. The molecule has 2 amide bonds. The second-order valence-corrected chi connectivity index (χ2v) is 6.70. The molecule has 134 valence electrons. The van der Waals surface area contributed by atoms with Gasteiger partial charge < -0.3 is 10.6 Å². The number of benzene rings is 1. The number of fused-ring (bicyclic) bond motifs is 1. The van der Waals surface area contributed by atoms with Gasteiger partial charge in [0.1, 0.15) is 0 Å². The van der Waals surface area contributed by atoms with Gasteiger partial charge in [0.2, 0.25) is 0 Å². The minimum Gasteiger partial charge on any atom is -0.336 e. The van der Waals surface area contributed by atoms with Gasteiger partial charge in [0, 0.05) is 25.7 Å². The predicted molar refractivity (Wildman–Crippen MR) is 99.7 cm³/mol. The molecule has 0 saturated heterocycles. The molecule has 1 aromatic carbocycles. The summed E-state index contributed by atoms with van der Waals surface area (Å²) < 4.78 is 0. The molecule has 0 saturated carbocycles. The highest BCUT2D eigenvalue weighted by Gasteiger charge is 2.22. The second kappa shape index (κ2) is 7.70. The fraction of sp³-hybridized carbons (Fsp3) is 0.474. The number of carbonyl (C=O) groups excluding carboxylic acids is 1. The SMILES string of the molecule is CCC(CNC(=O)Nc1c(C)n[nH]c1C)N1CCc2ccccc2C1. The van der Waals surface area contributed by atoms with Crippen LogP contribution in [0.2, 0.25) is 0 Å². The van der Waals surface area contributed by atoms with Gasteiger partial charge in [0.15, 0.2) is 0 Å². The maximum atomic E-state index is 12.2. The van der Waals surface area contributed by atoms with Gasteiger partial charge >= 0.3 is 6.03 Å². The van der Waals surface area contributed by atoms with E-state index in [1.807, 2.05) is 13.8 Å². The summed E-state index contributed by atoms with van der Waals surface area (Å²) in [6.45, 7) is 8.58. The molecular weight excluding hydrogens is 314 g/mol. The van der Waals surface area contributed by atoms with E-state index in [2.05, 4.69) is 56.9 Å². The molecule has 2 heterocycles. The van der Waals surface area contributed by atoms with Crippen LogP contribution in [0.1, 0.15) is 35.9 Å². The summed E-state index contributed by atoms with van der Waals surface area (Å²) in [7, 11) is 0. The molecule has 6 heteroatoms. The molecule has 1 atom stereocenters. The normalized spacial score (nSPS) is 15.5. The number of aromatic nitrogens is 2. The molecule has 1 aliphatic rings. The molecule has 1 unspecified atom stereocenters. The van der Waals surface area contributed by atoms with Crippen LogP contribution in [0.5, 0.6) is 0 Å². The summed E-state index contributed by atoms with van der Waals surface area (Å²) in [5.41, 5.74) is 5.28. The quantitative estimate of drug-likeness (QED) is 0.783. The molecule has 0 spiro atoms. The Hall–Kier alpha value is -2.34. The van der Waals surface area contributed by atoms with Crippen LogP contribution >= 0.6 is 0 Å². The molecule has 2 aromatic rings. The summed E-state index contributed by atoms with van der Waals surface area (Å²) in [6, 6.07) is 8.80. The number of H-pyrrole nitrogens is 1. The third-order valence-electron chi connectivity index (χ3n) is 5.01. The van der Waals surface area contributed by atoms with Crippen molar-refractivity contribution in [2.24, 2.45) is 0 Å². The van der Waals surface area contributed by atoms with E-state index in [1.54, 1.807) is 0 Å². The number of nitrogens with zero attached hydrogens (tertiary/aromatic N) is 2. The lowest BCUT2D eigenvalue weighted by atomic mass is 9.98. The molecule has 1 aromatic heterocycles. The van der Waals surface area contributed by atoms with Crippen molar-refractivity contribution >= 4 is 11.7 Å².